The van der Waals surface area contributed by atoms with Crippen molar-refractivity contribution in [1.29, 1.82) is 0 Å². The third-order valence-electron chi connectivity index (χ3n) is 1.96. The smallest absolute Gasteiger partial charge is 0.223 e. The number of rotatable bonds is 4. The SMILES string of the molecule is CC(CCl)(CCl)NC(=O)C1CC1. The molecule has 1 saturated carbocycles. The lowest BCUT2D eigenvalue weighted by atomic mass is 10.1. The Balaban J connectivity index is 2.40. The summed E-state index contributed by atoms with van der Waals surface area (Å²) in [5.74, 6) is 1.03. The topological polar surface area (TPSA) is 29.1 Å². The van der Waals surface area contributed by atoms with Crippen LogP contribution in [0.2, 0.25) is 0 Å². The molecule has 0 aromatic carbocycles. The molecule has 70 valence electrons. The quantitative estimate of drug-likeness (QED) is 0.703. The number of carbonyl (C=O) groups excluding carboxylic acids is 1. The molecule has 1 aliphatic carbocycles. The molecule has 0 saturated heterocycles. The Bertz CT molecular complexity index is 176. The zero-order chi connectivity index (χ0) is 9.19. The van der Waals surface area contributed by atoms with E-state index in [4.69, 9.17) is 23.2 Å². The first-order valence-corrected chi connectivity index (χ1v) is 5.12. The Morgan fingerprint density at radius 2 is 2.00 bits per heavy atom. The maximum Gasteiger partial charge on any atom is 0.223 e. The van der Waals surface area contributed by atoms with Crippen LogP contribution in [0.4, 0.5) is 0 Å². The first kappa shape index (κ1) is 10.1. The molecule has 1 N–H and O–H groups in total. The summed E-state index contributed by atoms with van der Waals surface area (Å²) in [6, 6.07) is 0. The lowest BCUT2D eigenvalue weighted by Crippen LogP contribution is -2.49. The molecule has 0 aromatic heterocycles. The van der Waals surface area contributed by atoms with Crippen molar-refractivity contribution in [3.8, 4) is 0 Å². The van der Waals surface area contributed by atoms with Crippen LogP contribution in [0.5, 0.6) is 0 Å². The van der Waals surface area contributed by atoms with Crippen molar-refractivity contribution in [1.82, 2.24) is 5.32 Å². The number of nitrogens with one attached hydrogen (secondary N) is 1. The first-order chi connectivity index (χ1) is 5.61. The lowest BCUT2D eigenvalue weighted by molar-refractivity contribution is -0.123. The molecule has 0 atom stereocenters. The molecule has 1 aliphatic rings. The van der Waals surface area contributed by atoms with E-state index in [0.717, 1.165) is 12.8 Å². The van der Waals surface area contributed by atoms with Crippen molar-refractivity contribution in [2.45, 2.75) is 25.3 Å². The molecule has 0 radical (unpaired) electrons. The van der Waals surface area contributed by atoms with Gasteiger partial charge in [-0.3, -0.25) is 4.79 Å². The predicted molar refractivity (Wildman–Crippen MR) is 50.7 cm³/mol. The Labute approximate surface area is 82.6 Å². The van der Waals surface area contributed by atoms with Crippen LogP contribution in [0.25, 0.3) is 0 Å². The van der Waals surface area contributed by atoms with Crippen molar-refractivity contribution >= 4 is 29.1 Å². The normalized spacial score (nSPS) is 17.6. The molecule has 0 spiro atoms. The molecule has 0 unspecified atom stereocenters. The lowest BCUT2D eigenvalue weighted by Gasteiger charge is -2.25. The molecule has 4 heteroatoms. The summed E-state index contributed by atoms with van der Waals surface area (Å²) in [5.41, 5.74) is -0.442. The number of hydrogen-bond acceptors (Lipinski definition) is 1. The van der Waals surface area contributed by atoms with Gasteiger partial charge in [-0.1, -0.05) is 0 Å². The van der Waals surface area contributed by atoms with E-state index in [1.165, 1.54) is 0 Å². The van der Waals surface area contributed by atoms with Gasteiger partial charge < -0.3 is 5.32 Å². The number of carbonyl (C=O) groups is 1. The zero-order valence-corrected chi connectivity index (χ0v) is 8.58. The van der Waals surface area contributed by atoms with E-state index in [2.05, 4.69) is 5.32 Å². The molecule has 12 heavy (non-hydrogen) atoms. The van der Waals surface area contributed by atoms with Gasteiger partial charge in [-0.25, -0.2) is 0 Å². The average molecular weight is 210 g/mol. The minimum atomic E-state index is -0.442. The third kappa shape index (κ3) is 2.53. The van der Waals surface area contributed by atoms with E-state index >= 15 is 0 Å². The highest BCUT2D eigenvalue weighted by Crippen LogP contribution is 2.29. The van der Waals surface area contributed by atoms with Gasteiger partial charge in [-0.2, -0.15) is 0 Å². The number of halogens is 2. The predicted octanol–water partition coefficient (Wildman–Crippen LogP) is 1.75. The fourth-order valence-corrected chi connectivity index (χ4v) is 1.27. The van der Waals surface area contributed by atoms with Crippen molar-refractivity contribution in [3.05, 3.63) is 0 Å². The summed E-state index contributed by atoms with van der Waals surface area (Å²) in [6.45, 7) is 1.85. The van der Waals surface area contributed by atoms with Crippen LogP contribution in [-0.4, -0.2) is 23.2 Å². The Hall–Kier alpha value is 0.0500. The fraction of sp³-hybridized carbons (Fsp3) is 0.875. The number of hydrogen-bond donors (Lipinski definition) is 1. The Morgan fingerprint density at radius 1 is 1.50 bits per heavy atom. The average Bonchev–Trinajstić information content (AvgIpc) is 2.86. The number of alkyl halides is 2. The van der Waals surface area contributed by atoms with E-state index < -0.39 is 5.54 Å². The van der Waals surface area contributed by atoms with Gasteiger partial charge in [0, 0.05) is 17.7 Å². The molecular weight excluding hydrogens is 197 g/mol. The second-order valence-corrected chi connectivity index (χ2v) is 4.13. The van der Waals surface area contributed by atoms with Crippen LogP contribution < -0.4 is 5.32 Å². The van der Waals surface area contributed by atoms with E-state index in [-0.39, 0.29) is 11.8 Å². The minimum absolute atomic E-state index is 0.0961. The van der Waals surface area contributed by atoms with Crippen LogP contribution in [-0.2, 0) is 4.79 Å². The molecule has 0 heterocycles. The van der Waals surface area contributed by atoms with Gasteiger partial charge in [0.25, 0.3) is 0 Å². The summed E-state index contributed by atoms with van der Waals surface area (Å²) in [6.07, 6.45) is 2.01. The molecule has 1 rings (SSSR count). The van der Waals surface area contributed by atoms with Crippen LogP contribution in [0.15, 0.2) is 0 Å². The minimum Gasteiger partial charge on any atom is -0.348 e. The van der Waals surface area contributed by atoms with E-state index in [9.17, 15) is 4.79 Å². The van der Waals surface area contributed by atoms with Crippen molar-refractivity contribution in [3.63, 3.8) is 0 Å². The van der Waals surface area contributed by atoms with E-state index in [1.54, 1.807) is 0 Å². The van der Waals surface area contributed by atoms with Gasteiger partial charge in [0.2, 0.25) is 5.91 Å². The highest BCUT2D eigenvalue weighted by molar-refractivity contribution is 6.22. The molecule has 1 fully saturated rings. The monoisotopic (exact) mass is 209 g/mol. The highest BCUT2D eigenvalue weighted by atomic mass is 35.5. The maximum absolute atomic E-state index is 11.3. The zero-order valence-electron chi connectivity index (χ0n) is 7.07. The van der Waals surface area contributed by atoms with Crippen LogP contribution in [0, 0.1) is 5.92 Å². The van der Waals surface area contributed by atoms with Gasteiger partial charge in [0.05, 0.1) is 5.54 Å². The van der Waals surface area contributed by atoms with E-state index in [1.807, 2.05) is 6.92 Å². The Morgan fingerprint density at radius 3 is 2.33 bits per heavy atom. The van der Waals surface area contributed by atoms with E-state index in [0.29, 0.717) is 11.8 Å². The van der Waals surface area contributed by atoms with Gasteiger partial charge in [-0.05, 0) is 19.8 Å². The van der Waals surface area contributed by atoms with Crippen LogP contribution >= 0.6 is 23.2 Å². The third-order valence-corrected chi connectivity index (χ3v) is 3.14. The van der Waals surface area contributed by atoms with Gasteiger partial charge in [-0.15, -0.1) is 23.2 Å². The second-order valence-electron chi connectivity index (χ2n) is 3.59. The van der Waals surface area contributed by atoms with Crippen LogP contribution in [0.1, 0.15) is 19.8 Å². The van der Waals surface area contributed by atoms with Crippen molar-refractivity contribution < 1.29 is 4.79 Å². The second kappa shape index (κ2) is 3.84. The number of amides is 1. The fourth-order valence-electron chi connectivity index (χ4n) is 0.848. The summed E-state index contributed by atoms with van der Waals surface area (Å²) in [4.78, 5) is 11.3. The van der Waals surface area contributed by atoms with Crippen molar-refractivity contribution in [2.24, 2.45) is 5.92 Å². The molecule has 2 nitrogen and oxygen atoms in total. The van der Waals surface area contributed by atoms with Gasteiger partial charge in [0.15, 0.2) is 0 Å². The largest absolute Gasteiger partial charge is 0.348 e. The summed E-state index contributed by atoms with van der Waals surface area (Å²) in [5, 5.41) is 2.85. The van der Waals surface area contributed by atoms with Crippen molar-refractivity contribution in [2.75, 3.05) is 11.8 Å². The van der Waals surface area contributed by atoms with Gasteiger partial charge >= 0.3 is 0 Å². The summed E-state index contributed by atoms with van der Waals surface area (Å²) in [7, 11) is 0. The highest BCUT2D eigenvalue weighted by Gasteiger charge is 2.34. The Kier molecular flexibility index (Phi) is 3.24. The molecule has 0 bridgehead atoms. The molecule has 0 aromatic rings. The standard InChI is InChI=1S/C8H13Cl2NO/c1-8(4-9,5-10)11-7(12)6-2-3-6/h6H,2-5H2,1H3,(H,11,12). The molecular formula is C8H13Cl2NO. The van der Waals surface area contributed by atoms with Gasteiger partial charge in [0.1, 0.15) is 0 Å². The molecule has 0 aliphatic heterocycles. The summed E-state index contributed by atoms with van der Waals surface area (Å²) >= 11 is 11.4. The maximum atomic E-state index is 11.3. The first-order valence-electron chi connectivity index (χ1n) is 4.05. The summed E-state index contributed by atoms with van der Waals surface area (Å²) < 4.78 is 0. The molecule has 1 amide bonds. The van der Waals surface area contributed by atoms with Crippen LogP contribution in [0.3, 0.4) is 0 Å².